The van der Waals surface area contributed by atoms with Gasteiger partial charge in [0.25, 0.3) is 5.91 Å². The molecule has 1 aromatic carbocycles. The van der Waals surface area contributed by atoms with Crippen molar-refractivity contribution < 1.29 is 14.3 Å². The van der Waals surface area contributed by atoms with E-state index < -0.39 is 0 Å². The van der Waals surface area contributed by atoms with E-state index in [0.717, 1.165) is 11.3 Å². The van der Waals surface area contributed by atoms with Crippen LogP contribution in [0.5, 0.6) is 0 Å². The number of benzene rings is 1. The molecule has 0 aliphatic carbocycles. The molecule has 0 radical (unpaired) electrons. The smallest absolute Gasteiger partial charge is 0.273 e. The molecular formula is C17H16FN3O2S. The molecule has 2 heterocycles. The minimum atomic E-state index is -0.344. The van der Waals surface area contributed by atoms with Crippen molar-refractivity contribution in [2.45, 2.75) is 5.75 Å². The van der Waals surface area contributed by atoms with E-state index in [1.165, 1.54) is 12.1 Å². The fourth-order valence-electron chi connectivity index (χ4n) is 2.30. The van der Waals surface area contributed by atoms with Crippen molar-refractivity contribution in [3.8, 4) is 0 Å². The fourth-order valence-corrected chi connectivity index (χ4v) is 2.99. The van der Waals surface area contributed by atoms with Crippen molar-refractivity contribution in [2.75, 3.05) is 17.7 Å². The van der Waals surface area contributed by atoms with Gasteiger partial charge >= 0.3 is 0 Å². The second kappa shape index (κ2) is 7.46. The van der Waals surface area contributed by atoms with E-state index in [9.17, 15) is 9.18 Å². The highest BCUT2D eigenvalue weighted by Gasteiger charge is 2.11. The lowest BCUT2D eigenvalue weighted by molar-refractivity contribution is 0.102. The largest absolute Gasteiger partial charge is 0.396 e. The number of aromatic nitrogens is 2. The maximum Gasteiger partial charge on any atom is 0.273 e. The van der Waals surface area contributed by atoms with Crippen LogP contribution in [0, 0.1) is 5.82 Å². The Morgan fingerprint density at radius 1 is 1.29 bits per heavy atom. The summed E-state index contributed by atoms with van der Waals surface area (Å²) in [5.41, 5.74) is 2.05. The molecule has 0 aliphatic rings. The number of halogens is 1. The molecule has 0 spiro atoms. The summed E-state index contributed by atoms with van der Waals surface area (Å²) in [5.74, 6) is 1.17. The number of H-pyrrole nitrogens is 1. The molecule has 0 aliphatic heterocycles. The summed E-state index contributed by atoms with van der Waals surface area (Å²) in [5, 5.41) is 12.2. The Morgan fingerprint density at radius 3 is 3.00 bits per heavy atom. The zero-order valence-electron chi connectivity index (χ0n) is 12.8. The van der Waals surface area contributed by atoms with E-state index in [2.05, 4.69) is 15.3 Å². The van der Waals surface area contributed by atoms with E-state index in [1.54, 1.807) is 36.2 Å². The number of pyridine rings is 1. The van der Waals surface area contributed by atoms with Gasteiger partial charge in [-0.1, -0.05) is 0 Å². The van der Waals surface area contributed by atoms with Gasteiger partial charge in [-0.25, -0.2) is 9.37 Å². The number of aromatic amines is 1. The molecule has 0 atom stereocenters. The summed E-state index contributed by atoms with van der Waals surface area (Å²) in [6.45, 7) is 0.139. The summed E-state index contributed by atoms with van der Waals surface area (Å²) in [6, 6.07) is 9.58. The zero-order chi connectivity index (χ0) is 16.9. The summed E-state index contributed by atoms with van der Waals surface area (Å²) >= 11 is 1.60. The standard InChI is InChI=1S/C17H16FN3O2S/c18-13-1-2-14-12(8-13)9-15(20-14)17(23)21-16-7-11(3-4-19-16)10-24-6-5-22/h1-4,7-9,20,22H,5-6,10H2,(H,19,21,23). The number of amides is 1. The van der Waals surface area contributed by atoms with E-state index in [4.69, 9.17) is 5.11 Å². The van der Waals surface area contributed by atoms with Crippen molar-refractivity contribution in [3.63, 3.8) is 0 Å². The average molecular weight is 345 g/mol. The molecule has 0 unspecified atom stereocenters. The lowest BCUT2D eigenvalue weighted by atomic mass is 10.2. The van der Waals surface area contributed by atoms with Crippen LogP contribution in [-0.4, -0.2) is 33.3 Å². The zero-order valence-corrected chi connectivity index (χ0v) is 13.6. The Bertz CT molecular complexity index is 866. The van der Waals surface area contributed by atoms with Crippen molar-refractivity contribution in [2.24, 2.45) is 0 Å². The van der Waals surface area contributed by atoms with Gasteiger partial charge in [0.1, 0.15) is 17.3 Å². The molecule has 0 saturated heterocycles. The van der Waals surface area contributed by atoms with Crippen LogP contribution in [0.2, 0.25) is 0 Å². The van der Waals surface area contributed by atoms with Gasteiger partial charge in [-0.15, -0.1) is 0 Å². The molecule has 0 saturated carbocycles. The number of thioether (sulfide) groups is 1. The normalized spacial score (nSPS) is 10.9. The molecule has 1 amide bonds. The predicted octanol–water partition coefficient (Wildman–Crippen LogP) is 3.18. The number of nitrogens with one attached hydrogen (secondary N) is 2. The molecule has 0 bridgehead atoms. The van der Waals surface area contributed by atoms with Gasteiger partial charge in [-0.3, -0.25) is 4.79 Å². The maximum atomic E-state index is 13.2. The van der Waals surface area contributed by atoms with E-state index in [1.807, 2.05) is 6.07 Å². The van der Waals surface area contributed by atoms with E-state index >= 15 is 0 Å². The van der Waals surface area contributed by atoms with Crippen molar-refractivity contribution in [1.82, 2.24) is 9.97 Å². The Hall–Kier alpha value is -2.38. The molecule has 124 valence electrons. The predicted molar refractivity (Wildman–Crippen MR) is 93.7 cm³/mol. The second-order valence-corrected chi connectivity index (χ2v) is 6.30. The van der Waals surface area contributed by atoms with Crippen LogP contribution in [-0.2, 0) is 5.75 Å². The van der Waals surface area contributed by atoms with Crippen LogP contribution < -0.4 is 5.32 Å². The third-order valence-electron chi connectivity index (χ3n) is 3.40. The first-order valence-electron chi connectivity index (χ1n) is 7.39. The number of nitrogens with zero attached hydrogens (tertiary/aromatic N) is 1. The van der Waals surface area contributed by atoms with Crippen molar-refractivity contribution in [1.29, 1.82) is 0 Å². The third kappa shape index (κ3) is 3.93. The van der Waals surface area contributed by atoms with Crippen molar-refractivity contribution in [3.05, 3.63) is 59.7 Å². The molecule has 0 fully saturated rings. The topological polar surface area (TPSA) is 78.0 Å². The van der Waals surface area contributed by atoms with Gasteiger partial charge in [0.2, 0.25) is 0 Å². The molecule has 2 aromatic heterocycles. The number of fused-ring (bicyclic) bond motifs is 1. The van der Waals surface area contributed by atoms with Crippen molar-refractivity contribution >= 4 is 34.4 Å². The molecule has 5 nitrogen and oxygen atoms in total. The lowest BCUT2D eigenvalue weighted by Crippen LogP contribution is -2.13. The average Bonchev–Trinajstić information content (AvgIpc) is 2.99. The Labute approximate surface area is 142 Å². The van der Waals surface area contributed by atoms with Crippen LogP contribution in [0.15, 0.2) is 42.6 Å². The van der Waals surface area contributed by atoms with Crippen LogP contribution in [0.1, 0.15) is 16.1 Å². The number of hydrogen-bond donors (Lipinski definition) is 3. The van der Waals surface area contributed by atoms with Gasteiger partial charge < -0.3 is 15.4 Å². The second-order valence-electron chi connectivity index (χ2n) is 5.19. The van der Waals surface area contributed by atoms with Gasteiger partial charge in [-0.05, 0) is 42.0 Å². The molecule has 3 rings (SSSR count). The van der Waals surface area contributed by atoms with Gasteiger partial charge in [-0.2, -0.15) is 11.8 Å². The first-order chi connectivity index (χ1) is 11.7. The molecule has 7 heteroatoms. The van der Waals surface area contributed by atoms with Crippen LogP contribution in [0.3, 0.4) is 0 Å². The summed E-state index contributed by atoms with van der Waals surface area (Å²) in [4.78, 5) is 19.4. The van der Waals surface area contributed by atoms with Crippen LogP contribution >= 0.6 is 11.8 Å². The Morgan fingerprint density at radius 2 is 2.17 bits per heavy atom. The monoisotopic (exact) mass is 345 g/mol. The summed E-state index contributed by atoms with van der Waals surface area (Å²) < 4.78 is 13.2. The van der Waals surface area contributed by atoms with Gasteiger partial charge in [0.15, 0.2) is 0 Å². The van der Waals surface area contributed by atoms with Crippen LogP contribution in [0.25, 0.3) is 10.9 Å². The number of aliphatic hydroxyl groups excluding tert-OH is 1. The number of carbonyl (C=O) groups is 1. The lowest BCUT2D eigenvalue weighted by Gasteiger charge is -2.05. The number of rotatable bonds is 6. The summed E-state index contributed by atoms with van der Waals surface area (Å²) in [7, 11) is 0. The number of aliphatic hydroxyl groups is 1. The molecule has 3 aromatic rings. The molecule has 3 N–H and O–H groups in total. The molecule has 24 heavy (non-hydrogen) atoms. The molecular weight excluding hydrogens is 329 g/mol. The summed E-state index contributed by atoms with van der Waals surface area (Å²) in [6.07, 6.45) is 1.63. The van der Waals surface area contributed by atoms with E-state index in [-0.39, 0.29) is 18.3 Å². The number of hydrogen-bond acceptors (Lipinski definition) is 4. The van der Waals surface area contributed by atoms with Crippen LogP contribution in [0.4, 0.5) is 10.2 Å². The first-order valence-corrected chi connectivity index (χ1v) is 8.54. The Kier molecular flexibility index (Phi) is 5.12. The third-order valence-corrected chi connectivity index (χ3v) is 4.41. The first kappa shape index (κ1) is 16.5. The van der Waals surface area contributed by atoms with Gasteiger partial charge in [0.05, 0.1) is 6.61 Å². The highest BCUT2D eigenvalue weighted by molar-refractivity contribution is 7.98. The quantitative estimate of drug-likeness (QED) is 0.600. The highest BCUT2D eigenvalue weighted by Crippen LogP contribution is 2.18. The highest BCUT2D eigenvalue weighted by atomic mass is 32.2. The maximum absolute atomic E-state index is 13.2. The van der Waals surface area contributed by atoms with Gasteiger partial charge in [0, 0.05) is 28.6 Å². The minimum absolute atomic E-state index is 0.139. The van der Waals surface area contributed by atoms with E-state index in [0.29, 0.717) is 28.2 Å². The number of carbonyl (C=O) groups excluding carboxylic acids is 1. The Balaban J connectivity index is 1.72. The fraction of sp³-hybridized carbons (Fsp3) is 0.176. The minimum Gasteiger partial charge on any atom is -0.396 e. The number of anilines is 1. The SMILES string of the molecule is O=C(Nc1cc(CSCCO)ccn1)c1cc2cc(F)ccc2[nH]1.